The van der Waals surface area contributed by atoms with E-state index in [1.54, 1.807) is 14.2 Å². The second kappa shape index (κ2) is 7.03. The maximum atomic E-state index is 9.93. The Labute approximate surface area is 127 Å². The zero-order valence-electron chi connectivity index (χ0n) is 13.5. The Bertz CT molecular complexity index is 450. The molecule has 1 aliphatic carbocycles. The second-order valence-corrected chi connectivity index (χ2v) is 5.94. The van der Waals surface area contributed by atoms with Crippen LogP contribution in [0.25, 0.3) is 0 Å². The van der Waals surface area contributed by atoms with Crippen molar-refractivity contribution in [2.24, 2.45) is 11.8 Å². The van der Waals surface area contributed by atoms with Gasteiger partial charge in [0, 0.05) is 12.6 Å². The molecule has 1 aromatic rings. The third kappa shape index (κ3) is 3.43. The summed E-state index contributed by atoms with van der Waals surface area (Å²) in [6.45, 7) is 5.38. The Hall–Kier alpha value is -1.42. The van der Waals surface area contributed by atoms with Crippen LogP contribution in [0.2, 0.25) is 0 Å². The van der Waals surface area contributed by atoms with E-state index in [1.165, 1.54) is 19.3 Å². The zero-order chi connectivity index (χ0) is 15.4. The molecule has 0 bridgehead atoms. The Kier molecular flexibility index (Phi) is 5.34. The summed E-state index contributed by atoms with van der Waals surface area (Å²) in [7, 11) is 3.10. The normalized spacial score (nSPS) is 25.0. The summed E-state index contributed by atoms with van der Waals surface area (Å²) in [4.78, 5) is 0. The molecule has 0 saturated heterocycles. The van der Waals surface area contributed by atoms with E-state index in [4.69, 9.17) is 9.47 Å². The molecule has 2 N–H and O–H groups in total. The van der Waals surface area contributed by atoms with Crippen molar-refractivity contribution in [1.29, 1.82) is 0 Å². The van der Waals surface area contributed by atoms with Gasteiger partial charge >= 0.3 is 0 Å². The highest BCUT2D eigenvalue weighted by atomic mass is 16.5. The fraction of sp³-hybridized carbons (Fsp3) is 0.647. The van der Waals surface area contributed by atoms with Crippen molar-refractivity contribution in [3.05, 3.63) is 17.7 Å². The largest absolute Gasteiger partial charge is 0.502 e. The molecule has 3 unspecified atom stereocenters. The first kappa shape index (κ1) is 16.0. The van der Waals surface area contributed by atoms with Crippen molar-refractivity contribution < 1.29 is 14.6 Å². The van der Waals surface area contributed by atoms with Crippen LogP contribution in [0.5, 0.6) is 17.2 Å². The lowest BCUT2D eigenvalue weighted by Crippen LogP contribution is -2.32. The lowest BCUT2D eigenvalue weighted by molar-refractivity contribution is 0.335. The first-order valence-electron chi connectivity index (χ1n) is 7.77. The lowest BCUT2D eigenvalue weighted by atomic mass is 9.93. The monoisotopic (exact) mass is 293 g/mol. The third-order valence-corrected chi connectivity index (χ3v) is 4.86. The molecule has 0 aromatic heterocycles. The fourth-order valence-corrected chi connectivity index (χ4v) is 3.41. The second-order valence-electron chi connectivity index (χ2n) is 5.94. The van der Waals surface area contributed by atoms with E-state index in [9.17, 15) is 5.11 Å². The summed E-state index contributed by atoms with van der Waals surface area (Å²) in [6, 6.07) is 4.30. The van der Waals surface area contributed by atoms with Crippen molar-refractivity contribution in [2.75, 3.05) is 14.2 Å². The maximum Gasteiger partial charge on any atom is 0.200 e. The molecule has 4 nitrogen and oxygen atoms in total. The molecule has 0 aliphatic heterocycles. The van der Waals surface area contributed by atoms with Gasteiger partial charge in [0.05, 0.1) is 14.2 Å². The Morgan fingerprint density at radius 1 is 1.19 bits per heavy atom. The molecule has 3 atom stereocenters. The summed E-state index contributed by atoms with van der Waals surface area (Å²) in [6.07, 6.45) is 3.82. The molecular weight excluding hydrogens is 266 g/mol. The predicted octanol–water partition coefficient (Wildman–Crippen LogP) is 3.32. The van der Waals surface area contributed by atoms with Gasteiger partial charge in [-0.3, -0.25) is 0 Å². The summed E-state index contributed by atoms with van der Waals surface area (Å²) < 4.78 is 10.4. The van der Waals surface area contributed by atoms with Gasteiger partial charge in [-0.15, -0.1) is 0 Å². The van der Waals surface area contributed by atoms with Crippen molar-refractivity contribution in [3.8, 4) is 17.2 Å². The standard InChI is InChI=1S/C17H27NO3/c1-5-13-6-7-14(11(13)2)18-10-12-8-15(20-3)17(19)16(9-12)21-4/h8-9,11,13-14,18-19H,5-7,10H2,1-4H3. The molecule has 21 heavy (non-hydrogen) atoms. The number of benzene rings is 1. The number of rotatable bonds is 6. The third-order valence-electron chi connectivity index (χ3n) is 4.86. The van der Waals surface area contributed by atoms with E-state index in [2.05, 4.69) is 19.2 Å². The van der Waals surface area contributed by atoms with Gasteiger partial charge in [-0.05, 0) is 42.4 Å². The first-order valence-corrected chi connectivity index (χ1v) is 7.77. The van der Waals surface area contributed by atoms with Crippen molar-refractivity contribution >= 4 is 0 Å². The van der Waals surface area contributed by atoms with E-state index < -0.39 is 0 Å². The minimum Gasteiger partial charge on any atom is -0.502 e. The van der Waals surface area contributed by atoms with E-state index in [0.29, 0.717) is 17.5 Å². The topological polar surface area (TPSA) is 50.7 Å². The van der Waals surface area contributed by atoms with Crippen LogP contribution in [0.4, 0.5) is 0 Å². The minimum atomic E-state index is 0.0593. The quantitative estimate of drug-likeness (QED) is 0.845. The average Bonchev–Trinajstić information content (AvgIpc) is 2.86. The van der Waals surface area contributed by atoms with Crippen LogP contribution in [-0.2, 0) is 6.54 Å². The molecule has 1 aliphatic rings. The smallest absolute Gasteiger partial charge is 0.200 e. The van der Waals surface area contributed by atoms with Crippen LogP contribution in [-0.4, -0.2) is 25.4 Å². The highest BCUT2D eigenvalue weighted by molar-refractivity contribution is 5.52. The van der Waals surface area contributed by atoms with Crippen molar-refractivity contribution in [3.63, 3.8) is 0 Å². The van der Waals surface area contributed by atoms with Gasteiger partial charge in [-0.1, -0.05) is 20.3 Å². The highest BCUT2D eigenvalue weighted by Crippen LogP contribution is 2.38. The summed E-state index contributed by atoms with van der Waals surface area (Å²) in [5.74, 6) is 2.53. The Morgan fingerprint density at radius 2 is 1.81 bits per heavy atom. The Morgan fingerprint density at radius 3 is 2.29 bits per heavy atom. The summed E-state index contributed by atoms with van der Waals surface area (Å²) in [5, 5.41) is 13.6. The van der Waals surface area contributed by atoms with Gasteiger partial charge in [-0.2, -0.15) is 0 Å². The number of ether oxygens (including phenoxy) is 2. The van der Waals surface area contributed by atoms with Crippen LogP contribution in [0.1, 0.15) is 38.7 Å². The molecule has 2 rings (SSSR count). The number of nitrogens with one attached hydrogen (secondary N) is 1. The number of phenolic OH excluding ortho intramolecular Hbond substituents is 1. The molecule has 1 saturated carbocycles. The molecule has 118 valence electrons. The van der Waals surface area contributed by atoms with Gasteiger partial charge in [0.1, 0.15) is 0 Å². The molecule has 1 fully saturated rings. The van der Waals surface area contributed by atoms with Crippen LogP contribution in [0.15, 0.2) is 12.1 Å². The van der Waals surface area contributed by atoms with Crippen molar-refractivity contribution in [2.45, 2.75) is 45.7 Å². The maximum absolute atomic E-state index is 9.93. The SMILES string of the molecule is CCC1CCC(NCc2cc(OC)c(O)c(OC)c2)C1C. The number of phenols is 1. The van der Waals surface area contributed by atoms with Gasteiger partial charge < -0.3 is 19.9 Å². The molecule has 0 spiro atoms. The van der Waals surface area contributed by atoms with Gasteiger partial charge in [0.2, 0.25) is 5.75 Å². The van der Waals surface area contributed by atoms with Crippen LogP contribution in [0, 0.1) is 11.8 Å². The van der Waals surface area contributed by atoms with Crippen LogP contribution < -0.4 is 14.8 Å². The number of hydrogen-bond acceptors (Lipinski definition) is 4. The molecular formula is C17H27NO3. The minimum absolute atomic E-state index is 0.0593. The molecule has 4 heteroatoms. The molecule has 0 radical (unpaired) electrons. The van der Waals surface area contributed by atoms with Crippen LogP contribution in [0.3, 0.4) is 0 Å². The van der Waals surface area contributed by atoms with Crippen molar-refractivity contribution in [1.82, 2.24) is 5.32 Å². The fourth-order valence-electron chi connectivity index (χ4n) is 3.41. The highest BCUT2D eigenvalue weighted by Gasteiger charge is 2.30. The average molecular weight is 293 g/mol. The molecule has 0 heterocycles. The Balaban J connectivity index is 2.03. The molecule has 1 aromatic carbocycles. The number of methoxy groups -OCH3 is 2. The van der Waals surface area contributed by atoms with E-state index in [1.807, 2.05) is 12.1 Å². The van der Waals surface area contributed by atoms with E-state index >= 15 is 0 Å². The zero-order valence-corrected chi connectivity index (χ0v) is 13.5. The van der Waals surface area contributed by atoms with Gasteiger partial charge in [0.25, 0.3) is 0 Å². The number of aromatic hydroxyl groups is 1. The molecule has 0 amide bonds. The number of hydrogen-bond donors (Lipinski definition) is 2. The predicted molar refractivity (Wildman–Crippen MR) is 84.0 cm³/mol. The van der Waals surface area contributed by atoms with Gasteiger partial charge in [0.15, 0.2) is 11.5 Å². The summed E-state index contributed by atoms with van der Waals surface area (Å²) in [5.41, 5.74) is 1.06. The first-order chi connectivity index (χ1) is 10.1. The van der Waals surface area contributed by atoms with Crippen LogP contribution >= 0.6 is 0 Å². The van der Waals surface area contributed by atoms with E-state index in [-0.39, 0.29) is 5.75 Å². The summed E-state index contributed by atoms with van der Waals surface area (Å²) >= 11 is 0. The lowest BCUT2D eigenvalue weighted by Gasteiger charge is -2.21. The van der Waals surface area contributed by atoms with Gasteiger partial charge in [-0.25, -0.2) is 0 Å². The van der Waals surface area contributed by atoms with E-state index in [0.717, 1.165) is 23.9 Å².